The van der Waals surface area contributed by atoms with Crippen LogP contribution in [-0.2, 0) is 4.79 Å². The van der Waals surface area contributed by atoms with Gasteiger partial charge < -0.3 is 10.4 Å². The maximum Gasteiger partial charge on any atom is 0.326 e. The topological polar surface area (TPSA) is 79.3 Å². The summed E-state index contributed by atoms with van der Waals surface area (Å²) >= 11 is 1.48. The molecule has 7 heteroatoms. The Hall–Kier alpha value is -1.63. The molecule has 0 spiro atoms. The first kappa shape index (κ1) is 14.4. The Bertz CT molecular complexity index is 442. The molecule has 1 atom stereocenters. The minimum atomic E-state index is -1.12. The quantitative estimate of drug-likeness (QED) is 0.760. The summed E-state index contributed by atoms with van der Waals surface area (Å²) in [5.41, 5.74) is -0.134. The summed E-state index contributed by atoms with van der Waals surface area (Å²) in [6, 6.07) is 2.79. The molecule has 1 unspecified atom stereocenters. The lowest BCUT2D eigenvalue weighted by molar-refractivity contribution is -0.139. The van der Waals surface area contributed by atoms with Gasteiger partial charge in [-0.2, -0.15) is 16.2 Å². The van der Waals surface area contributed by atoms with Gasteiger partial charge in [-0.15, -0.1) is 0 Å². The molecule has 0 radical (unpaired) electrons. The maximum absolute atomic E-state index is 12.8. The molecule has 0 fully saturated rings. The first-order valence-corrected chi connectivity index (χ1v) is 6.59. The molecule has 1 aromatic rings. The number of aromatic nitrogens is 1. The highest BCUT2D eigenvalue weighted by Gasteiger charge is 2.20. The lowest BCUT2D eigenvalue weighted by atomic mass is 10.2. The summed E-state index contributed by atoms with van der Waals surface area (Å²) < 4.78 is 12.8. The molecule has 0 aromatic carbocycles. The Balaban J connectivity index is 2.69. The van der Waals surface area contributed by atoms with Gasteiger partial charge in [-0.05, 0) is 30.6 Å². The second-order valence-corrected chi connectivity index (χ2v) is 4.48. The fourth-order valence-electron chi connectivity index (χ4n) is 1.26. The van der Waals surface area contributed by atoms with Gasteiger partial charge in [-0.1, -0.05) is 6.07 Å². The molecule has 2 N–H and O–H groups in total. The van der Waals surface area contributed by atoms with Crippen molar-refractivity contribution in [2.75, 3.05) is 12.0 Å². The smallest absolute Gasteiger partial charge is 0.326 e. The molecule has 0 saturated carbocycles. The van der Waals surface area contributed by atoms with E-state index in [1.165, 1.54) is 23.9 Å². The van der Waals surface area contributed by atoms with E-state index < -0.39 is 23.9 Å². The number of hydrogen-bond acceptors (Lipinski definition) is 4. The molecule has 0 aliphatic heterocycles. The number of halogens is 1. The molecule has 1 amide bonds. The third-order valence-corrected chi connectivity index (χ3v) is 2.81. The fraction of sp³-hybridized carbons (Fsp3) is 0.364. The third kappa shape index (κ3) is 4.33. The average Bonchev–Trinajstić information content (AvgIpc) is 2.33. The number of thioether (sulfide) groups is 1. The highest BCUT2D eigenvalue weighted by Crippen LogP contribution is 2.03. The molecular formula is C11H13FN2O3S. The second kappa shape index (κ2) is 6.95. The van der Waals surface area contributed by atoms with Crippen molar-refractivity contribution < 1.29 is 19.1 Å². The molecule has 0 saturated heterocycles. The number of aliphatic carboxylic acids is 1. The third-order valence-electron chi connectivity index (χ3n) is 2.16. The van der Waals surface area contributed by atoms with E-state index in [0.29, 0.717) is 12.2 Å². The van der Waals surface area contributed by atoms with Gasteiger partial charge in [0.2, 0.25) is 5.95 Å². The van der Waals surface area contributed by atoms with Crippen molar-refractivity contribution in [1.29, 1.82) is 0 Å². The van der Waals surface area contributed by atoms with Crippen LogP contribution in [0.3, 0.4) is 0 Å². The summed E-state index contributed by atoms with van der Waals surface area (Å²) in [6.07, 6.45) is 2.15. The summed E-state index contributed by atoms with van der Waals surface area (Å²) in [6.45, 7) is 0. The lowest BCUT2D eigenvalue weighted by Gasteiger charge is -2.13. The van der Waals surface area contributed by atoms with Crippen LogP contribution < -0.4 is 5.32 Å². The van der Waals surface area contributed by atoms with Gasteiger partial charge in [0, 0.05) is 0 Å². The highest BCUT2D eigenvalue weighted by molar-refractivity contribution is 7.98. The standard InChI is InChI=1S/C11H13FN2O3S/c1-18-6-5-8(11(16)17)14-10(15)7-3-2-4-9(12)13-7/h2-4,8H,5-6H2,1H3,(H,14,15)(H,16,17). The molecular weight excluding hydrogens is 259 g/mol. The number of carbonyl (C=O) groups is 2. The van der Waals surface area contributed by atoms with E-state index in [1.54, 1.807) is 0 Å². The summed E-state index contributed by atoms with van der Waals surface area (Å²) in [5.74, 6) is -1.98. The monoisotopic (exact) mass is 272 g/mol. The first-order valence-electron chi connectivity index (χ1n) is 5.19. The largest absolute Gasteiger partial charge is 0.480 e. The van der Waals surface area contributed by atoms with Crippen molar-refractivity contribution >= 4 is 23.6 Å². The molecule has 0 aliphatic carbocycles. The molecule has 98 valence electrons. The number of pyridine rings is 1. The van der Waals surface area contributed by atoms with Gasteiger partial charge in [0.25, 0.3) is 5.91 Å². The molecule has 1 rings (SSSR count). The van der Waals surface area contributed by atoms with E-state index in [2.05, 4.69) is 10.3 Å². The van der Waals surface area contributed by atoms with Crippen LogP contribution in [0.5, 0.6) is 0 Å². The van der Waals surface area contributed by atoms with Crippen LogP contribution >= 0.6 is 11.8 Å². The number of amides is 1. The first-order chi connectivity index (χ1) is 8.54. The van der Waals surface area contributed by atoms with Crippen molar-refractivity contribution in [1.82, 2.24) is 10.3 Å². The van der Waals surface area contributed by atoms with E-state index in [0.717, 1.165) is 6.07 Å². The minimum absolute atomic E-state index is 0.134. The van der Waals surface area contributed by atoms with Crippen LogP contribution in [0.2, 0.25) is 0 Å². The minimum Gasteiger partial charge on any atom is -0.480 e. The van der Waals surface area contributed by atoms with E-state index >= 15 is 0 Å². The number of carboxylic acid groups (broad SMARTS) is 1. The number of nitrogens with one attached hydrogen (secondary N) is 1. The van der Waals surface area contributed by atoms with Crippen LogP contribution in [0.25, 0.3) is 0 Å². The Kier molecular flexibility index (Phi) is 5.57. The van der Waals surface area contributed by atoms with Crippen LogP contribution in [0.15, 0.2) is 18.2 Å². The number of carbonyl (C=O) groups excluding carboxylic acids is 1. The van der Waals surface area contributed by atoms with Gasteiger partial charge in [0.1, 0.15) is 11.7 Å². The molecule has 5 nitrogen and oxygen atoms in total. The van der Waals surface area contributed by atoms with Crippen LogP contribution in [-0.4, -0.2) is 40.0 Å². The van der Waals surface area contributed by atoms with Crippen LogP contribution in [0, 0.1) is 5.95 Å². The second-order valence-electron chi connectivity index (χ2n) is 3.49. The number of nitrogens with zero attached hydrogens (tertiary/aromatic N) is 1. The maximum atomic E-state index is 12.8. The molecule has 0 bridgehead atoms. The van der Waals surface area contributed by atoms with Crippen molar-refractivity contribution in [3.05, 3.63) is 29.8 Å². The van der Waals surface area contributed by atoms with Gasteiger partial charge >= 0.3 is 5.97 Å². The Labute approximate surface area is 108 Å². The van der Waals surface area contributed by atoms with Crippen LogP contribution in [0.4, 0.5) is 4.39 Å². The number of rotatable bonds is 6. The van der Waals surface area contributed by atoms with Crippen molar-refractivity contribution in [2.45, 2.75) is 12.5 Å². The Morgan fingerprint density at radius 1 is 1.56 bits per heavy atom. The zero-order chi connectivity index (χ0) is 13.5. The molecule has 1 heterocycles. The predicted octanol–water partition coefficient (Wildman–Crippen LogP) is 1.16. The number of carboxylic acids is 1. The molecule has 0 aliphatic rings. The van der Waals surface area contributed by atoms with Gasteiger partial charge in [-0.25, -0.2) is 9.78 Å². The zero-order valence-corrected chi connectivity index (χ0v) is 10.5. The Morgan fingerprint density at radius 2 is 2.28 bits per heavy atom. The van der Waals surface area contributed by atoms with Crippen molar-refractivity contribution in [3.63, 3.8) is 0 Å². The van der Waals surface area contributed by atoms with Gasteiger partial charge in [0.15, 0.2) is 0 Å². The zero-order valence-electron chi connectivity index (χ0n) is 9.72. The van der Waals surface area contributed by atoms with Crippen molar-refractivity contribution in [3.8, 4) is 0 Å². The van der Waals surface area contributed by atoms with E-state index in [4.69, 9.17) is 5.11 Å². The van der Waals surface area contributed by atoms with Gasteiger partial charge in [0.05, 0.1) is 0 Å². The average molecular weight is 272 g/mol. The Morgan fingerprint density at radius 3 is 2.83 bits per heavy atom. The molecule has 18 heavy (non-hydrogen) atoms. The SMILES string of the molecule is CSCCC(NC(=O)c1cccc(F)n1)C(=O)O. The highest BCUT2D eigenvalue weighted by atomic mass is 32.2. The van der Waals surface area contributed by atoms with E-state index in [1.807, 2.05) is 6.26 Å². The number of hydrogen-bond donors (Lipinski definition) is 2. The van der Waals surface area contributed by atoms with Crippen molar-refractivity contribution in [2.24, 2.45) is 0 Å². The van der Waals surface area contributed by atoms with Crippen LogP contribution in [0.1, 0.15) is 16.9 Å². The normalized spacial score (nSPS) is 11.9. The lowest BCUT2D eigenvalue weighted by Crippen LogP contribution is -2.41. The molecule has 1 aromatic heterocycles. The summed E-state index contributed by atoms with van der Waals surface area (Å²) in [5, 5.41) is 11.2. The fourth-order valence-corrected chi connectivity index (χ4v) is 1.73. The summed E-state index contributed by atoms with van der Waals surface area (Å²) in [7, 11) is 0. The predicted molar refractivity (Wildman–Crippen MR) is 66.1 cm³/mol. The van der Waals surface area contributed by atoms with E-state index in [-0.39, 0.29) is 5.69 Å². The van der Waals surface area contributed by atoms with Gasteiger partial charge in [-0.3, -0.25) is 4.79 Å². The summed E-state index contributed by atoms with van der Waals surface area (Å²) in [4.78, 5) is 26.0. The van der Waals surface area contributed by atoms with E-state index in [9.17, 15) is 14.0 Å².